The molecule has 3 unspecified atom stereocenters. The third-order valence-corrected chi connectivity index (χ3v) is 3.47. The lowest BCUT2D eigenvalue weighted by atomic mass is 9.64. The van der Waals surface area contributed by atoms with E-state index in [2.05, 4.69) is 30.8 Å². The molecule has 1 fully saturated rings. The highest BCUT2D eigenvalue weighted by atomic mass is 16.1. The molecule has 0 heterocycles. The first-order chi connectivity index (χ1) is 7.51. The smallest absolute Gasteiger partial charge is 0.211 e. The summed E-state index contributed by atoms with van der Waals surface area (Å²) in [6.07, 6.45) is 5.13. The van der Waals surface area contributed by atoms with Crippen molar-refractivity contribution in [1.29, 1.82) is 0 Å². The molecule has 4 nitrogen and oxygen atoms in total. The van der Waals surface area contributed by atoms with Crippen LogP contribution in [0.2, 0.25) is 0 Å². The van der Waals surface area contributed by atoms with Gasteiger partial charge in [0.25, 0.3) is 0 Å². The van der Waals surface area contributed by atoms with Crippen molar-refractivity contribution in [2.75, 3.05) is 6.54 Å². The fraction of sp³-hybridized carbons (Fsp3) is 0.833. The van der Waals surface area contributed by atoms with E-state index in [0.717, 1.165) is 12.8 Å². The Morgan fingerprint density at radius 3 is 2.50 bits per heavy atom. The standard InChI is InChI=1S/C12H18N2O2/c1-9-4-10(6-13-7-15)5-12(2,3)11(9)14-8-16/h9-11H,4-6H2,1-3H3. The zero-order chi connectivity index (χ0) is 12.2. The molecule has 0 aliphatic heterocycles. The van der Waals surface area contributed by atoms with Crippen LogP contribution in [0.3, 0.4) is 0 Å². The lowest BCUT2D eigenvalue weighted by Crippen LogP contribution is -2.41. The zero-order valence-electron chi connectivity index (χ0n) is 10.1. The van der Waals surface area contributed by atoms with Crippen LogP contribution in [0.5, 0.6) is 0 Å². The summed E-state index contributed by atoms with van der Waals surface area (Å²) in [5, 5.41) is 0. The van der Waals surface area contributed by atoms with Gasteiger partial charge in [0.05, 0.1) is 12.6 Å². The Balaban J connectivity index is 2.78. The van der Waals surface area contributed by atoms with Gasteiger partial charge in [-0.05, 0) is 30.1 Å². The summed E-state index contributed by atoms with van der Waals surface area (Å²) < 4.78 is 0. The number of hydrogen-bond donors (Lipinski definition) is 0. The van der Waals surface area contributed by atoms with Crippen LogP contribution in [-0.2, 0) is 9.59 Å². The normalized spacial score (nSPS) is 32.3. The lowest BCUT2D eigenvalue weighted by Gasteiger charge is -2.43. The predicted molar refractivity (Wildman–Crippen MR) is 60.6 cm³/mol. The van der Waals surface area contributed by atoms with Gasteiger partial charge in [-0.15, -0.1) is 0 Å². The monoisotopic (exact) mass is 222 g/mol. The number of carbonyl (C=O) groups excluding carboxylic acids is 2. The van der Waals surface area contributed by atoms with E-state index in [1.165, 1.54) is 0 Å². The molecule has 0 radical (unpaired) electrons. The van der Waals surface area contributed by atoms with Crippen LogP contribution in [0.1, 0.15) is 33.6 Å². The minimum Gasteiger partial charge on any atom is -0.211 e. The van der Waals surface area contributed by atoms with Crippen LogP contribution in [0.25, 0.3) is 0 Å². The van der Waals surface area contributed by atoms with Crippen molar-refractivity contribution in [3.05, 3.63) is 0 Å². The van der Waals surface area contributed by atoms with Gasteiger partial charge in [-0.2, -0.15) is 0 Å². The maximum atomic E-state index is 10.4. The van der Waals surface area contributed by atoms with Gasteiger partial charge in [0, 0.05) is 0 Å². The van der Waals surface area contributed by atoms with Crippen LogP contribution in [0.4, 0.5) is 0 Å². The summed E-state index contributed by atoms with van der Waals surface area (Å²) in [5.74, 6) is 0.724. The van der Waals surface area contributed by atoms with Gasteiger partial charge in [0.1, 0.15) is 0 Å². The molecule has 88 valence electrons. The summed E-state index contributed by atoms with van der Waals surface area (Å²) in [5.41, 5.74) is -0.0296. The highest BCUT2D eigenvalue weighted by Crippen LogP contribution is 2.43. The van der Waals surface area contributed by atoms with Gasteiger partial charge >= 0.3 is 0 Å². The highest BCUT2D eigenvalue weighted by Gasteiger charge is 2.41. The first-order valence-corrected chi connectivity index (χ1v) is 5.62. The summed E-state index contributed by atoms with van der Waals surface area (Å²) in [6.45, 7) is 6.83. The average Bonchev–Trinajstić information content (AvgIpc) is 2.20. The van der Waals surface area contributed by atoms with Crippen LogP contribution >= 0.6 is 0 Å². The second kappa shape index (κ2) is 5.20. The van der Waals surface area contributed by atoms with Crippen molar-refractivity contribution < 1.29 is 9.59 Å². The largest absolute Gasteiger partial charge is 0.235 e. The molecule has 1 aliphatic carbocycles. The molecule has 1 saturated carbocycles. The van der Waals surface area contributed by atoms with E-state index < -0.39 is 0 Å². The van der Waals surface area contributed by atoms with Crippen molar-refractivity contribution in [2.24, 2.45) is 27.2 Å². The van der Waals surface area contributed by atoms with Crippen molar-refractivity contribution >= 4 is 12.2 Å². The summed E-state index contributed by atoms with van der Waals surface area (Å²) in [6, 6.07) is 0.0291. The van der Waals surface area contributed by atoms with E-state index in [1.807, 2.05) is 0 Å². The number of hydrogen-bond acceptors (Lipinski definition) is 4. The molecule has 0 spiro atoms. The van der Waals surface area contributed by atoms with Gasteiger partial charge in [-0.3, -0.25) is 0 Å². The van der Waals surface area contributed by atoms with Crippen molar-refractivity contribution in [3.63, 3.8) is 0 Å². The molecule has 4 heteroatoms. The average molecular weight is 222 g/mol. The molecule has 0 aromatic carbocycles. The number of isocyanates is 2. The summed E-state index contributed by atoms with van der Waals surface area (Å²) >= 11 is 0. The van der Waals surface area contributed by atoms with Gasteiger partial charge in [-0.25, -0.2) is 19.6 Å². The van der Waals surface area contributed by atoms with Crippen LogP contribution < -0.4 is 0 Å². The molecule has 16 heavy (non-hydrogen) atoms. The lowest BCUT2D eigenvalue weighted by molar-refractivity contribution is 0.105. The minimum atomic E-state index is -0.0296. The Hall–Kier alpha value is -1.24. The van der Waals surface area contributed by atoms with Crippen LogP contribution in [0, 0.1) is 17.3 Å². The third kappa shape index (κ3) is 2.88. The van der Waals surface area contributed by atoms with Gasteiger partial charge in [0.15, 0.2) is 0 Å². The minimum absolute atomic E-state index is 0.0291. The fourth-order valence-corrected chi connectivity index (χ4v) is 3.04. The van der Waals surface area contributed by atoms with Crippen molar-refractivity contribution in [2.45, 2.75) is 39.7 Å². The number of rotatable bonds is 3. The van der Waals surface area contributed by atoms with Crippen molar-refractivity contribution in [1.82, 2.24) is 0 Å². The van der Waals surface area contributed by atoms with Gasteiger partial charge in [0.2, 0.25) is 12.2 Å². The molecule has 3 atom stereocenters. The zero-order valence-corrected chi connectivity index (χ0v) is 10.1. The quantitative estimate of drug-likeness (QED) is 0.542. The molecular formula is C12H18N2O2. The summed E-state index contributed by atoms with van der Waals surface area (Å²) in [7, 11) is 0. The maximum Gasteiger partial charge on any atom is 0.235 e. The predicted octanol–water partition coefficient (Wildman–Crippen LogP) is 2.10. The van der Waals surface area contributed by atoms with E-state index in [0.29, 0.717) is 18.4 Å². The van der Waals surface area contributed by atoms with Crippen LogP contribution in [0.15, 0.2) is 9.98 Å². The molecule has 0 N–H and O–H groups in total. The second-order valence-electron chi connectivity index (χ2n) is 5.37. The Labute approximate surface area is 95.9 Å². The molecular weight excluding hydrogens is 204 g/mol. The van der Waals surface area contributed by atoms with E-state index in [-0.39, 0.29) is 11.5 Å². The Morgan fingerprint density at radius 1 is 1.31 bits per heavy atom. The van der Waals surface area contributed by atoms with Gasteiger partial charge < -0.3 is 0 Å². The highest BCUT2D eigenvalue weighted by molar-refractivity contribution is 5.34. The van der Waals surface area contributed by atoms with Crippen molar-refractivity contribution in [3.8, 4) is 0 Å². The van der Waals surface area contributed by atoms with Crippen LogP contribution in [-0.4, -0.2) is 24.7 Å². The molecule has 1 aliphatic rings. The SMILES string of the molecule is CC1CC(CN=C=O)CC(C)(C)C1N=C=O. The van der Waals surface area contributed by atoms with E-state index in [4.69, 9.17) is 0 Å². The summed E-state index contributed by atoms with van der Waals surface area (Å²) in [4.78, 5) is 28.1. The van der Waals surface area contributed by atoms with E-state index in [1.54, 1.807) is 12.2 Å². The Bertz CT molecular complexity index is 339. The Kier molecular flexibility index (Phi) is 4.17. The molecule has 1 rings (SSSR count). The molecule has 0 aromatic rings. The number of aliphatic imine (C=N–C) groups is 2. The first-order valence-electron chi connectivity index (χ1n) is 5.62. The Morgan fingerprint density at radius 2 is 2.00 bits per heavy atom. The van der Waals surface area contributed by atoms with E-state index in [9.17, 15) is 9.59 Å². The van der Waals surface area contributed by atoms with Gasteiger partial charge in [-0.1, -0.05) is 20.8 Å². The molecule has 0 aromatic heterocycles. The maximum absolute atomic E-state index is 10.4. The molecule has 0 saturated heterocycles. The second-order valence-corrected chi connectivity index (χ2v) is 5.37. The fourth-order valence-electron chi connectivity index (χ4n) is 3.04. The van der Waals surface area contributed by atoms with E-state index >= 15 is 0 Å². The molecule has 0 amide bonds. The molecule has 0 bridgehead atoms. The number of nitrogens with zero attached hydrogens (tertiary/aromatic N) is 2. The third-order valence-electron chi connectivity index (χ3n) is 3.47. The topological polar surface area (TPSA) is 58.9 Å². The first kappa shape index (κ1) is 12.8.